The van der Waals surface area contributed by atoms with Crippen LogP contribution < -0.4 is 4.74 Å². The number of methoxy groups -OCH3 is 1. The van der Waals surface area contributed by atoms with Gasteiger partial charge in [-0.15, -0.1) is 0 Å². The Morgan fingerprint density at radius 3 is 2.17 bits per heavy atom. The molecule has 0 fully saturated rings. The number of Topliss-reactive ketones (excluding diaryl/α,β-unsaturated/α-hetero) is 1. The Morgan fingerprint density at radius 2 is 1.59 bits per heavy atom. The van der Waals surface area contributed by atoms with Gasteiger partial charge in [-0.05, 0) is 55.0 Å². The van der Waals surface area contributed by atoms with Crippen molar-refractivity contribution >= 4 is 27.2 Å². The quantitative estimate of drug-likeness (QED) is 0.470. The second-order valence-electron chi connectivity index (χ2n) is 6.72. The third-order valence-electron chi connectivity index (χ3n) is 4.76. The molecule has 29 heavy (non-hydrogen) atoms. The van der Waals surface area contributed by atoms with Crippen LogP contribution in [0.1, 0.15) is 33.2 Å². The maximum absolute atomic E-state index is 13.4. The summed E-state index contributed by atoms with van der Waals surface area (Å²) in [6.07, 6.45) is -0.216. The first-order valence-corrected chi connectivity index (χ1v) is 11.0. The lowest BCUT2D eigenvalue weighted by molar-refractivity contribution is 0.0980. The van der Waals surface area contributed by atoms with Gasteiger partial charge < -0.3 is 4.74 Å². The normalized spacial score (nSPS) is 12.4. The molecular formula is C23H21ClO4S. The van der Waals surface area contributed by atoms with E-state index < -0.39 is 15.1 Å². The Hall–Kier alpha value is -2.63. The first kappa shape index (κ1) is 21.1. The van der Waals surface area contributed by atoms with Crippen LogP contribution in [0.25, 0.3) is 0 Å². The van der Waals surface area contributed by atoms with Gasteiger partial charge in [0.15, 0.2) is 15.6 Å². The predicted molar refractivity (Wildman–Crippen MR) is 114 cm³/mol. The summed E-state index contributed by atoms with van der Waals surface area (Å²) in [6.45, 7) is 1.88. The first-order chi connectivity index (χ1) is 13.8. The minimum Gasteiger partial charge on any atom is -0.497 e. The number of carbonyl (C=O) groups is 1. The van der Waals surface area contributed by atoms with Gasteiger partial charge in [-0.3, -0.25) is 4.79 Å². The second kappa shape index (κ2) is 8.80. The van der Waals surface area contributed by atoms with Gasteiger partial charge in [-0.2, -0.15) is 0 Å². The average molecular weight is 429 g/mol. The lowest BCUT2D eigenvalue weighted by Gasteiger charge is -2.19. The van der Waals surface area contributed by atoms with Crippen LogP contribution in [0.3, 0.4) is 0 Å². The Balaban J connectivity index is 2.02. The highest BCUT2D eigenvalue weighted by atomic mass is 35.5. The molecule has 0 aliphatic carbocycles. The SMILES string of the molecule is COc1ccc(C(=O)C[C@H](c2ccccc2Cl)S(=O)(=O)c2ccc(C)cc2)cc1. The molecule has 3 rings (SSSR count). The van der Waals surface area contributed by atoms with Crippen LogP contribution in [0, 0.1) is 6.92 Å². The minimum absolute atomic E-state index is 0.163. The molecule has 0 radical (unpaired) electrons. The molecule has 3 aromatic rings. The zero-order valence-electron chi connectivity index (χ0n) is 16.1. The largest absolute Gasteiger partial charge is 0.497 e. The van der Waals surface area contributed by atoms with Gasteiger partial charge in [0.1, 0.15) is 5.75 Å². The summed E-state index contributed by atoms with van der Waals surface area (Å²) in [4.78, 5) is 13.1. The van der Waals surface area contributed by atoms with Crippen LogP contribution in [0.15, 0.2) is 77.7 Å². The van der Waals surface area contributed by atoms with Gasteiger partial charge >= 0.3 is 0 Å². The lowest BCUT2D eigenvalue weighted by atomic mass is 10.0. The van der Waals surface area contributed by atoms with E-state index in [0.717, 1.165) is 5.56 Å². The van der Waals surface area contributed by atoms with Gasteiger partial charge in [0.05, 0.1) is 17.3 Å². The van der Waals surface area contributed by atoms with Crippen LogP contribution in [0.2, 0.25) is 5.02 Å². The zero-order chi connectivity index (χ0) is 21.0. The Morgan fingerprint density at radius 1 is 0.966 bits per heavy atom. The molecular weight excluding hydrogens is 408 g/mol. The molecule has 0 heterocycles. The van der Waals surface area contributed by atoms with Crippen LogP contribution in [0.5, 0.6) is 5.75 Å². The fourth-order valence-corrected chi connectivity index (χ4v) is 5.17. The number of benzene rings is 3. The minimum atomic E-state index is -3.84. The summed E-state index contributed by atoms with van der Waals surface area (Å²) in [6, 6.07) is 19.9. The third-order valence-corrected chi connectivity index (χ3v) is 7.20. The molecule has 0 aliphatic rings. The zero-order valence-corrected chi connectivity index (χ0v) is 17.7. The number of hydrogen-bond acceptors (Lipinski definition) is 4. The second-order valence-corrected chi connectivity index (χ2v) is 9.26. The Bertz CT molecular complexity index is 1100. The highest BCUT2D eigenvalue weighted by molar-refractivity contribution is 7.91. The molecule has 0 saturated heterocycles. The van der Waals surface area contributed by atoms with Crippen LogP contribution in [0.4, 0.5) is 0 Å². The van der Waals surface area contributed by atoms with Crippen molar-refractivity contribution in [3.05, 3.63) is 94.5 Å². The summed E-state index contributed by atoms with van der Waals surface area (Å²) in [5, 5.41) is -0.774. The van der Waals surface area contributed by atoms with Gasteiger partial charge in [-0.1, -0.05) is 47.5 Å². The summed E-state index contributed by atoms with van der Waals surface area (Å²) in [5.74, 6) is 0.338. The topological polar surface area (TPSA) is 60.4 Å². The van der Waals surface area contributed by atoms with E-state index in [0.29, 0.717) is 21.9 Å². The van der Waals surface area contributed by atoms with Crippen molar-refractivity contribution in [3.63, 3.8) is 0 Å². The molecule has 4 nitrogen and oxygen atoms in total. The van der Waals surface area contributed by atoms with Crippen molar-refractivity contribution in [2.45, 2.75) is 23.5 Å². The standard InChI is InChI=1S/C23H21ClO4S/c1-16-7-13-19(14-8-16)29(26,27)23(20-5-3-4-6-21(20)24)15-22(25)17-9-11-18(28-2)12-10-17/h3-14,23H,15H2,1-2H3/t23-/m1/s1. The van der Waals surface area contributed by atoms with Gasteiger partial charge in [0, 0.05) is 17.0 Å². The van der Waals surface area contributed by atoms with Crippen LogP contribution in [-0.2, 0) is 9.84 Å². The number of carbonyl (C=O) groups excluding carboxylic acids is 1. The highest BCUT2D eigenvalue weighted by Crippen LogP contribution is 2.36. The summed E-state index contributed by atoms with van der Waals surface area (Å²) in [7, 11) is -2.30. The molecule has 0 N–H and O–H groups in total. The number of halogens is 1. The third kappa shape index (κ3) is 4.69. The molecule has 0 spiro atoms. The highest BCUT2D eigenvalue weighted by Gasteiger charge is 2.33. The molecule has 150 valence electrons. The number of ketones is 1. The van der Waals surface area contributed by atoms with E-state index in [1.54, 1.807) is 79.9 Å². The predicted octanol–water partition coefficient (Wildman–Crippen LogP) is 5.45. The van der Waals surface area contributed by atoms with Crippen LogP contribution >= 0.6 is 11.6 Å². The fraction of sp³-hybridized carbons (Fsp3) is 0.174. The summed E-state index contributed by atoms with van der Waals surface area (Å²) >= 11 is 6.31. The maximum atomic E-state index is 13.4. The van der Waals surface area contributed by atoms with E-state index >= 15 is 0 Å². The number of aryl methyl sites for hydroxylation is 1. The Kier molecular flexibility index (Phi) is 6.40. The summed E-state index contributed by atoms with van der Waals surface area (Å²) < 4.78 is 32.0. The van der Waals surface area contributed by atoms with Crippen molar-refractivity contribution in [1.82, 2.24) is 0 Å². The molecule has 0 aliphatic heterocycles. The van der Waals surface area contributed by atoms with Crippen molar-refractivity contribution in [3.8, 4) is 5.75 Å². The van der Waals surface area contributed by atoms with Crippen LogP contribution in [-0.4, -0.2) is 21.3 Å². The van der Waals surface area contributed by atoms with E-state index in [4.69, 9.17) is 16.3 Å². The van der Waals surface area contributed by atoms with Crippen molar-refractivity contribution in [1.29, 1.82) is 0 Å². The fourth-order valence-electron chi connectivity index (χ4n) is 3.08. The van der Waals surface area contributed by atoms with E-state index in [1.165, 1.54) is 0 Å². The molecule has 0 unspecified atom stereocenters. The van der Waals surface area contributed by atoms with E-state index in [2.05, 4.69) is 0 Å². The lowest BCUT2D eigenvalue weighted by Crippen LogP contribution is -2.18. The molecule has 1 atom stereocenters. The average Bonchev–Trinajstić information content (AvgIpc) is 2.73. The smallest absolute Gasteiger partial charge is 0.185 e. The molecule has 0 aromatic heterocycles. The number of ether oxygens (including phenoxy) is 1. The van der Waals surface area contributed by atoms with Gasteiger partial charge in [-0.25, -0.2) is 8.42 Å². The molecule has 6 heteroatoms. The molecule has 0 saturated carbocycles. The molecule has 0 bridgehead atoms. The van der Waals surface area contributed by atoms with E-state index in [1.807, 2.05) is 6.92 Å². The van der Waals surface area contributed by atoms with Gasteiger partial charge in [0.25, 0.3) is 0 Å². The van der Waals surface area contributed by atoms with Crippen molar-refractivity contribution in [2.75, 3.05) is 7.11 Å². The van der Waals surface area contributed by atoms with Gasteiger partial charge in [0.2, 0.25) is 0 Å². The molecule has 0 amide bonds. The number of sulfone groups is 1. The van der Waals surface area contributed by atoms with E-state index in [-0.39, 0.29) is 17.1 Å². The summed E-state index contributed by atoms with van der Waals surface area (Å²) in [5.41, 5.74) is 1.78. The number of hydrogen-bond donors (Lipinski definition) is 0. The first-order valence-electron chi connectivity index (χ1n) is 9.05. The maximum Gasteiger partial charge on any atom is 0.185 e. The van der Waals surface area contributed by atoms with Crippen molar-refractivity contribution < 1.29 is 17.9 Å². The Labute approximate surface area is 176 Å². The number of rotatable bonds is 7. The van der Waals surface area contributed by atoms with Crippen molar-refractivity contribution in [2.24, 2.45) is 0 Å². The van der Waals surface area contributed by atoms with E-state index in [9.17, 15) is 13.2 Å². The molecule has 3 aromatic carbocycles. The monoisotopic (exact) mass is 428 g/mol.